The zero-order valence-electron chi connectivity index (χ0n) is 23.4. The van der Waals surface area contributed by atoms with E-state index < -0.39 is 6.10 Å². The van der Waals surface area contributed by atoms with Crippen LogP contribution in [0.2, 0.25) is 0 Å². The van der Waals surface area contributed by atoms with Gasteiger partial charge in [-0.2, -0.15) is 0 Å². The van der Waals surface area contributed by atoms with Crippen LogP contribution in [0.15, 0.2) is 66.7 Å². The van der Waals surface area contributed by atoms with Gasteiger partial charge in [-0.15, -0.1) is 0 Å². The number of benzene rings is 3. The molecule has 214 valence electrons. The number of rotatable bonds is 12. The second-order valence-corrected chi connectivity index (χ2v) is 10.3. The van der Waals surface area contributed by atoms with Gasteiger partial charge in [0.05, 0.1) is 37.7 Å². The van der Waals surface area contributed by atoms with Crippen molar-refractivity contribution in [2.75, 3.05) is 58.5 Å². The van der Waals surface area contributed by atoms with Crippen molar-refractivity contribution in [2.45, 2.75) is 37.8 Å². The molecular formula is C32H40N2O6. The first kappa shape index (κ1) is 28.4. The van der Waals surface area contributed by atoms with E-state index in [4.69, 9.17) is 23.7 Å². The van der Waals surface area contributed by atoms with Gasteiger partial charge in [-0.3, -0.25) is 0 Å². The molecule has 1 saturated heterocycles. The van der Waals surface area contributed by atoms with Crippen LogP contribution < -0.4 is 19.7 Å². The lowest BCUT2D eigenvalue weighted by molar-refractivity contribution is -0.0328. The number of anilines is 1. The third-order valence-electron chi connectivity index (χ3n) is 7.47. The Labute approximate surface area is 236 Å². The number of hydrogen-bond acceptors (Lipinski definition) is 8. The van der Waals surface area contributed by atoms with E-state index in [2.05, 4.69) is 22.3 Å². The summed E-state index contributed by atoms with van der Waals surface area (Å²) >= 11 is 0. The summed E-state index contributed by atoms with van der Waals surface area (Å²) in [6, 6.07) is 22.1. The molecule has 3 unspecified atom stereocenters. The Hall–Kier alpha value is -3.14. The second kappa shape index (κ2) is 14.0. The van der Waals surface area contributed by atoms with E-state index in [9.17, 15) is 5.11 Å². The molecule has 0 aromatic heterocycles. The third-order valence-corrected chi connectivity index (χ3v) is 7.47. The molecule has 0 spiro atoms. The van der Waals surface area contributed by atoms with Crippen LogP contribution in [0.5, 0.6) is 17.2 Å². The largest absolute Gasteiger partial charge is 0.490 e. The maximum Gasteiger partial charge on any atom is 0.142 e. The molecule has 0 aliphatic carbocycles. The van der Waals surface area contributed by atoms with Gasteiger partial charge in [-0.05, 0) is 59.5 Å². The van der Waals surface area contributed by atoms with Crippen molar-refractivity contribution >= 4 is 5.69 Å². The first-order chi connectivity index (χ1) is 19.6. The van der Waals surface area contributed by atoms with Gasteiger partial charge in [0.2, 0.25) is 0 Å². The summed E-state index contributed by atoms with van der Waals surface area (Å²) in [5.74, 6) is 2.28. The van der Waals surface area contributed by atoms with Crippen LogP contribution in [0, 0.1) is 0 Å². The fourth-order valence-electron chi connectivity index (χ4n) is 5.43. The highest BCUT2D eigenvalue weighted by Gasteiger charge is 2.34. The number of nitrogens with zero attached hydrogens (tertiary/aromatic N) is 1. The lowest BCUT2D eigenvalue weighted by Crippen LogP contribution is -2.49. The minimum atomic E-state index is -0.549. The van der Waals surface area contributed by atoms with Crippen molar-refractivity contribution in [3.05, 3.63) is 83.4 Å². The number of aliphatic hydroxyl groups is 1. The molecule has 0 amide bonds. The molecule has 0 saturated carbocycles. The van der Waals surface area contributed by atoms with Crippen LogP contribution >= 0.6 is 0 Å². The van der Waals surface area contributed by atoms with Crippen LogP contribution in [0.3, 0.4) is 0 Å². The monoisotopic (exact) mass is 548 g/mol. The van der Waals surface area contributed by atoms with E-state index in [0.717, 1.165) is 65.7 Å². The predicted octanol–water partition coefficient (Wildman–Crippen LogP) is 4.49. The first-order valence-electron chi connectivity index (χ1n) is 14.0. The summed E-state index contributed by atoms with van der Waals surface area (Å²) < 4.78 is 28.8. The number of aliphatic hydroxyl groups excluding tert-OH is 1. The zero-order valence-corrected chi connectivity index (χ0v) is 23.4. The Morgan fingerprint density at radius 2 is 1.65 bits per heavy atom. The molecule has 2 heterocycles. The van der Waals surface area contributed by atoms with E-state index in [1.165, 1.54) is 0 Å². The van der Waals surface area contributed by atoms with Crippen molar-refractivity contribution in [2.24, 2.45) is 0 Å². The van der Waals surface area contributed by atoms with Crippen LogP contribution in [0.25, 0.3) is 0 Å². The molecule has 3 aromatic rings. The number of fused-ring (bicyclic) bond motifs is 1. The Morgan fingerprint density at radius 3 is 2.40 bits per heavy atom. The Bertz CT molecular complexity index is 1200. The van der Waals surface area contributed by atoms with Crippen molar-refractivity contribution in [1.29, 1.82) is 0 Å². The van der Waals surface area contributed by atoms with Crippen LogP contribution in [-0.2, 0) is 27.4 Å². The topological polar surface area (TPSA) is 81.7 Å². The van der Waals surface area contributed by atoms with Crippen molar-refractivity contribution in [3.8, 4) is 17.2 Å². The number of nitrogens with one attached hydrogen (secondary N) is 1. The van der Waals surface area contributed by atoms with Crippen molar-refractivity contribution in [3.63, 3.8) is 0 Å². The van der Waals surface area contributed by atoms with Crippen LogP contribution in [0.1, 0.15) is 29.0 Å². The number of methoxy groups -OCH3 is 2. The van der Waals surface area contributed by atoms with Crippen molar-refractivity contribution < 1.29 is 28.8 Å². The van der Waals surface area contributed by atoms with Gasteiger partial charge in [0, 0.05) is 46.4 Å². The molecule has 3 aromatic carbocycles. The zero-order chi connectivity index (χ0) is 27.7. The Kier molecular flexibility index (Phi) is 9.91. The molecule has 0 radical (unpaired) electrons. The number of β-amino-alcohol motifs (C(OH)–C–C–N with tert-alkyl or cyclic N) is 1. The highest BCUT2D eigenvalue weighted by Crippen LogP contribution is 2.34. The quantitative estimate of drug-likeness (QED) is 0.321. The number of piperidine rings is 1. The van der Waals surface area contributed by atoms with Crippen LogP contribution in [0.4, 0.5) is 5.69 Å². The average Bonchev–Trinajstić information content (AvgIpc) is 2.98. The van der Waals surface area contributed by atoms with Gasteiger partial charge in [-0.1, -0.05) is 30.3 Å². The first-order valence-corrected chi connectivity index (χ1v) is 14.0. The third kappa shape index (κ3) is 7.13. The van der Waals surface area contributed by atoms with Gasteiger partial charge in [-0.25, -0.2) is 0 Å². The highest BCUT2D eigenvalue weighted by molar-refractivity contribution is 5.61. The Morgan fingerprint density at radius 1 is 0.900 bits per heavy atom. The van der Waals surface area contributed by atoms with Crippen molar-refractivity contribution in [1.82, 2.24) is 5.32 Å². The maximum absolute atomic E-state index is 10.9. The summed E-state index contributed by atoms with van der Waals surface area (Å²) in [5, 5.41) is 14.3. The normalized spacial score (nSPS) is 20.6. The van der Waals surface area contributed by atoms with E-state index in [-0.39, 0.29) is 12.0 Å². The Balaban J connectivity index is 1.23. The van der Waals surface area contributed by atoms with Gasteiger partial charge >= 0.3 is 0 Å². The summed E-state index contributed by atoms with van der Waals surface area (Å²) in [6.45, 7) is 5.44. The molecule has 3 atom stereocenters. The molecule has 1 fully saturated rings. The summed E-state index contributed by atoms with van der Waals surface area (Å²) in [4.78, 5) is 2.35. The minimum Gasteiger partial charge on any atom is -0.490 e. The van der Waals surface area contributed by atoms with Gasteiger partial charge in [0.15, 0.2) is 0 Å². The lowest BCUT2D eigenvalue weighted by atomic mass is 9.85. The van der Waals surface area contributed by atoms with E-state index in [0.29, 0.717) is 32.9 Å². The average molecular weight is 549 g/mol. The number of hydrogen-bond donors (Lipinski definition) is 2. The molecule has 40 heavy (non-hydrogen) atoms. The SMILES string of the molecule is COCCCN1CCOc2ccc(COC3CNCC(O)C3c3ccc(Oc4ccc(COC)cc4)cc3)cc21. The predicted molar refractivity (Wildman–Crippen MR) is 155 cm³/mol. The fourth-order valence-corrected chi connectivity index (χ4v) is 5.43. The molecule has 2 N–H and O–H groups in total. The lowest BCUT2D eigenvalue weighted by Gasteiger charge is -2.36. The molecular weight excluding hydrogens is 508 g/mol. The number of ether oxygens (including phenoxy) is 5. The summed E-state index contributed by atoms with van der Waals surface area (Å²) in [6.07, 6.45) is 0.245. The fraction of sp³-hybridized carbons (Fsp3) is 0.438. The maximum atomic E-state index is 10.9. The molecule has 8 heteroatoms. The molecule has 8 nitrogen and oxygen atoms in total. The molecule has 2 aliphatic heterocycles. The summed E-state index contributed by atoms with van der Waals surface area (Å²) in [5.41, 5.74) is 4.31. The second-order valence-electron chi connectivity index (χ2n) is 10.3. The van der Waals surface area contributed by atoms with Crippen LogP contribution in [-0.4, -0.2) is 70.9 Å². The van der Waals surface area contributed by atoms with E-state index in [1.807, 2.05) is 54.6 Å². The minimum absolute atomic E-state index is 0.143. The highest BCUT2D eigenvalue weighted by atomic mass is 16.5. The molecule has 2 aliphatic rings. The van der Waals surface area contributed by atoms with E-state index >= 15 is 0 Å². The summed E-state index contributed by atoms with van der Waals surface area (Å²) in [7, 11) is 3.42. The van der Waals surface area contributed by atoms with Gasteiger partial charge < -0.3 is 39.0 Å². The standard InChI is InChI=1S/C32H40N2O6/c1-36-16-3-14-34-15-17-38-30-13-6-24(18-28(30)34)22-39-31-20-33-19-29(35)32(31)25-7-11-27(12-8-25)40-26-9-4-23(5-10-26)21-37-2/h4-13,18,29,31-33,35H,3,14-17,19-22H2,1-2H3. The van der Waals surface area contributed by atoms with Gasteiger partial charge in [0.25, 0.3) is 0 Å². The molecule has 0 bridgehead atoms. The van der Waals surface area contributed by atoms with E-state index in [1.54, 1.807) is 14.2 Å². The smallest absolute Gasteiger partial charge is 0.142 e. The van der Waals surface area contributed by atoms with Gasteiger partial charge in [0.1, 0.15) is 23.9 Å². The molecule has 5 rings (SSSR count).